The van der Waals surface area contributed by atoms with Gasteiger partial charge in [-0.05, 0) is 38.2 Å². The number of pyridine rings is 1. The highest BCUT2D eigenvalue weighted by molar-refractivity contribution is 7.13. The summed E-state index contributed by atoms with van der Waals surface area (Å²) in [5.41, 5.74) is 0.524. The minimum atomic E-state index is -0.153. The Kier molecular flexibility index (Phi) is 6.30. The first kappa shape index (κ1) is 20.1. The number of aromatic nitrogens is 2. The molecule has 4 rings (SSSR count). The SMILES string of the molecule is O=C(Nc1nccs1)C1CCCN(c2ncc(C(=O)N3CCCCC3)cc2Cl)C1. The fourth-order valence-electron chi connectivity index (χ4n) is 3.94. The molecule has 2 saturated heterocycles. The maximum Gasteiger partial charge on any atom is 0.255 e. The topological polar surface area (TPSA) is 78.4 Å². The molecule has 2 amide bonds. The maximum atomic E-state index is 12.7. The van der Waals surface area contributed by atoms with Gasteiger partial charge in [0.25, 0.3) is 5.91 Å². The molecule has 29 heavy (non-hydrogen) atoms. The fourth-order valence-corrected chi connectivity index (χ4v) is 4.75. The quantitative estimate of drug-likeness (QED) is 0.795. The van der Waals surface area contributed by atoms with E-state index in [1.54, 1.807) is 18.5 Å². The average molecular weight is 434 g/mol. The highest BCUT2D eigenvalue weighted by atomic mass is 35.5. The lowest BCUT2D eigenvalue weighted by molar-refractivity contribution is -0.120. The Morgan fingerprint density at radius 2 is 1.97 bits per heavy atom. The van der Waals surface area contributed by atoms with Gasteiger partial charge in [0.2, 0.25) is 5.91 Å². The molecule has 9 heteroatoms. The van der Waals surface area contributed by atoms with Crippen molar-refractivity contribution in [1.29, 1.82) is 0 Å². The highest BCUT2D eigenvalue weighted by Crippen LogP contribution is 2.29. The molecule has 154 valence electrons. The predicted octanol–water partition coefficient (Wildman–Crippen LogP) is 3.67. The summed E-state index contributed by atoms with van der Waals surface area (Å²) in [6.45, 7) is 2.91. The largest absolute Gasteiger partial charge is 0.355 e. The third kappa shape index (κ3) is 4.70. The van der Waals surface area contributed by atoms with E-state index in [1.807, 2.05) is 15.2 Å². The van der Waals surface area contributed by atoms with Crippen LogP contribution < -0.4 is 10.2 Å². The van der Waals surface area contributed by atoms with Crippen LogP contribution in [-0.2, 0) is 4.79 Å². The van der Waals surface area contributed by atoms with Crippen molar-refractivity contribution < 1.29 is 9.59 Å². The standard InChI is InChI=1S/C20H24ClN5O2S/c21-16-11-15(19(28)25-7-2-1-3-8-25)12-23-17(16)26-9-4-5-14(13-26)18(27)24-20-22-6-10-29-20/h6,10-12,14H,1-5,7-9,13H2,(H,22,24,27). The van der Waals surface area contributed by atoms with Crippen molar-refractivity contribution in [3.05, 3.63) is 34.4 Å². The Bertz CT molecular complexity index is 870. The number of hydrogen-bond donors (Lipinski definition) is 1. The summed E-state index contributed by atoms with van der Waals surface area (Å²) in [6, 6.07) is 1.71. The molecule has 7 nitrogen and oxygen atoms in total. The number of hydrogen-bond acceptors (Lipinski definition) is 6. The van der Waals surface area contributed by atoms with Gasteiger partial charge in [-0.25, -0.2) is 9.97 Å². The first-order valence-corrected chi connectivity index (χ1v) is 11.3. The number of nitrogens with one attached hydrogen (secondary N) is 1. The second-order valence-corrected chi connectivity index (χ2v) is 8.80. The van der Waals surface area contributed by atoms with Gasteiger partial charge < -0.3 is 15.1 Å². The van der Waals surface area contributed by atoms with Crippen LogP contribution in [0.25, 0.3) is 0 Å². The molecule has 2 aromatic heterocycles. The first-order valence-electron chi connectivity index (χ1n) is 10.0. The van der Waals surface area contributed by atoms with E-state index in [0.717, 1.165) is 45.3 Å². The van der Waals surface area contributed by atoms with Crippen molar-refractivity contribution in [2.24, 2.45) is 5.92 Å². The van der Waals surface area contributed by atoms with Gasteiger partial charge in [0, 0.05) is 44.0 Å². The van der Waals surface area contributed by atoms with Gasteiger partial charge >= 0.3 is 0 Å². The number of carbonyl (C=O) groups excluding carboxylic acids is 2. The monoisotopic (exact) mass is 433 g/mol. The zero-order valence-electron chi connectivity index (χ0n) is 16.1. The van der Waals surface area contributed by atoms with Gasteiger partial charge in [0.15, 0.2) is 5.13 Å². The van der Waals surface area contributed by atoms with Gasteiger partial charge in [0.05, 0.1) is 16.5 Å². The van der Waals surface area contributed by atoms with E-state index in [4.69, 9.17) is 11.6 Å². The molecule has 2 aromatic rings. The van der Waals surface area contributed by atoms with E-state index in [-0.39, 0.29) is 17.7 Å². The molecule has 2 aliphatic rings. The van der Waals surface area contributed by atoms with E-state index in [1.165, 1.54) is 17.8 Å². The van der Waals surface area contributed by atoms with Crippen LogP contribution >= 0.6 is 22.9 Å². The van der Waals surface area contributed by atoms with Crippen molar-refractivity contribution in [3.8, 4) is 0 Å². The molecular weight excluding hydrogens is 410 g/mol. The molecule has 4 heterocycles. The van der Waals surface area contributed by atoms with Gasteiger partial charge in [-0.1, -0.05) is 11.6 Å². The number of nitrogens with zero attached hydrogens (tertiary/aromatic N) is 4. The normalized spacial score (nSPS) is 19.8. The summed E-state index contributed by atoms with van der Waals surface area (Å²) in [5, 5.41) is 5.78. The number of piperidine rings is 2. The third-order valence-electron chi connectivity index (χ3n) is 5.47. The Morgan fingerprint density at radius 3 is 2.69 bits per heavy atom. The molecule has 1 N–H and O–H groups in total. The number of likely N-dealkylation sites (tertiary alicyclic amines) is 1. The molecule has 0 saturated carbocycles. The molecule has 2 fully saturated rings. The molecule has 0 aliphatic carbocycles. The van der Waals surface area contributed by atoms with Gasteiger partial charge in [0.1, 0.15) is 5.82 Å². The third-order valence-corrected chi connectivity index (χ3v) is 6.43. The van der Waals surface area contributed by atoms with Crippen LogP contribution in [0.15, 0.2) is 23.8 Å². The van der Waals surface area contributed by atoms with Crippen LogP contribution in [0.2, 0.25) is 5.02 Å². The molecule has 0 spiro atoms. The van der Waals surface area contributed by atoms with Crippen molar-refractivity contribution in [2.75, 3.05) is 36.4 Å². The van der Waals surface area contributed by atoms with Crippen LogP contribution in [-0.4, -0.2) is 52.9 Å². The number of anilines is 2. The predicted molar refractivity (Wildman–Crippen MR) is 115 cm³/mol. The minimum Gasteiger partial charge on any atom is -0.355 e. The Balaban J connectivity index is 1.43. The molecule has 1 unspecified atom stereocenters. The maximum absolute atomic E-state index is 12.7. The highest BCUT2D eigenvalue weighted by Gasteiger charge is 2.28. The number of thiazole rings is 1. The lowest BCUT2D eigenvalue weighted by Crippen LogP contribution is -2.41. The summed E-state index contributed by atoms with van der Waals surface area (Å²) in [5.74, 6) is 0.441. The Labute approximate surface area is 179 Å². The molecule has 1 atom stereocenters. The van der Waals surface area contributed by atoms with E-state index in [0.29, 0.717) is 28.1 Å². The zero-order chi connectivity index (χ0) is 20.2. The van der Waals surface area contributed by atoms with Crippen molar-refractivity contribution in [3.63, 3.8) is 0 Å². The van der Waals surface area contributed by atoms with Crippen molar-refractivity contribution in [2.45, 2.75) is 32.1 Å². The summed E-state index contributed by atoms with van der Waals surface area (Å²) < 4.78 is 0. The van der Waals surface area contributed by atoms with Gasteiger partial charge in [-0.3, -0.25) is 9.59 Å². The van der Waals surface area contributed by atoms with Crippen LogP contribution in [0.4, 0.5) is 10.9 Å². The molecule has 0 bridgehead atoms. The first-order chi connectivity index (χ1) is 14.1. The summed E-state index contributed by atoms with van der Waals surface area (Å²) in [7, 11) is 0. The molecule has 0 aromatic carbocycles. The van der Waals surface area contributed by atoms with Crippen molar-refractivity contribution in [1.82, 2.24) is 14.9 Å². The number of rotatable bonds is 4. The second-order valence-electron chi connectivity index (χ2n) is 7.49. The van der Waals surface area contributed by atoms with Gasteiger partial charge in [-0.15, -0.1) is 11.3 Å². The average Bonchev–Trinajstić information content (AvgIpc) is 3.27. The number of halogens is 1. The lowest BCUT2D eigenvalue weighted by Gasteiger charge is -2.33. The molecule has 2 aliphatic heterocycles. The summed E-state index contributed by atoms with van der Waals surface area (Å²) in [4.78, 5) is 37.8. The Hall–Kier alpha value is -2.19. The van der Waals surface area contributed by atoms with E-state index in [2.05, 4.69) is 15.3 Å². The van der Waals surface area contributed by atoms with Crippen LogP contribution in [0.5, 0.6) is 0 Å². The smallest absolute Gasteiger partial charge is 0.255 e. The summed E-state index contributed by atoms with van der Waals surface area (Å²) >= 11 is 7.91. The minimum absolute atomic E-state index is 0.00926. The fraction of sp³-hybridized carbons (Fsp3) is 0.500. The van der Waals surface area contributed by atoms with Gasteiger partial charge in [-0.2, -0.15) is 0 Å². The van der Waals surface area contributed by atoms with Crippen molar-refractivity contribution >= 4 is 45.7 Å². The van der Waals surface area contributed by atoms with E-state index < -0.39 is 0 Å². The lowest BCUT2D eigenvalue weighted by atomic mass is 9.97. The van der Waals surface area contributed by atoms with Crippen LogP contribution in [0, 0.1) is 5.92 Å². The van der Waals surface area contributed by atoms with Crippen LogP contribution in [0.3, 0.4) is 0 Å². The summed E-state index contributed by atoms with van der Waals surface area (Å²) in [6.07, 6.45) is 8.24. The molecular formula is C20H24ClN5O2S. The van der Waals surface area contributed by atoms with E-state index >= 15 is 0 Å². The number of amides is 2. The number of carbonyl (C=O) groups is 2. The second kappa shape index (κ2) is 9.09. The van der Waals surface area contributed by atoms with Crippen LogP contribution in [0.1, 0.15) is 42.5 Å². The van der Waals surface area contributed by atoms with E-state index in [9.17, 15) is 9.59 Å². The Morgan fingerprint density at radius 1 is 1.14 bits per heavy atom. The zero-order valence-corrected chi connectivity index (χ0v) is 17.7. The molecule has 0 radical (unpaired) electrons.